The molecular weight excluding hydrogens is 308 g/mol. The Kier molecular flexibility index (Phi) is 5.41. The van der Waals surface area contributed by atoms with E-state index in [4.69, 9.17) is 5.11 Å². The van der Waals surface area contributed by atoms with Crippen LogP contribution >= 0.6 is 0 Å². The topological polar surface area (TPSA) is 86.7 Å². The van der Waals surface area contributed by atoms with Crippen LogP contribution in [0.5, 0.6) is 0 Å². The molecule has 3 fully saturated rings. The number of carbonyl (C=O) groups excluding carboxylic acids is 2. The minimum absolute atomic E-state index is 0.0612. The number of carboxylic acids is 1. The van der Waals surface area contributed by atoms with Gasteiger partial charge in [0.05, 0.1) is 11.8 Å². The second-order valence-electron chi connectivity index (χ2n) is 7.70. The molecule has 2 N–H and O–H groups in total. The van der Waals surface area contributed by atoms with Crippen LogP contribution in [0.1, 0.15) is 51.4 Å². The summed E-state index contributed by atoms with van der Waals surface area (Å²) in [6.45, 7) is 2.03. The van der Waals surface area contributed by atoms with E-state index in [9.17, 15) is 14.4 Å². The van der Waals surface area contributed by atoms with Gasteiger partial charge in [0.15, 0.2) is 0 Å². The smallest absolute Gasteiger partial charge is 0.306 e. The van der Waals surface area contributed by atoms with E-state index in [0.29, 0.717) is 38.1 Å². The van der Waals surface area contributed by atoms with Gasteiger partial charge >= 0.3 is 5.97 Å². The largest absolute Gasteiger partial charge is 0.481 e. The summed E-state index contributed by atoms with van der Waals surface area (Å²) >= 11 is 0. The maximum absolute atomic E-state index is 12.7. The summed E-state index contributed by atoms with van der Waals surface area (Å²) < 4.78 is 0. The molecular formula is C18H28N2O4. The quantitative estimate of drug-likeness (QED) is 0.799. The summed E-state index contributed by atoms with van der Waals surface area (Å²) in [5, 5.41) is 12.1. The number of hydrogen-bond donors (Lipinski definition) is 2. The standard InChI is InChI=1S/C18H28N2O4/c21-16(19-10-12-3-4-12)15-2-1-9-20(11-15)17(22)13-5-7-14(8-6-13)18(23)24/h12-15H,1-11H2,(H,19,21)(H,23,24). The third kappa shape index (κ3) is 4.28. The molecule has 0 spiro atoms. The van der Waals surface area contributed by atoms with E-state index in [2.05, 4.69) is 5.32 Å². The number of carboxylic acid groups (broad SMARTS) is 1. The number of piperidine rings is 1. The first-order valence-corrected chi connectivity index (χ1v) is 9.34. The number of rotatable bonds is 5. The lowest BCUT2D eigenvalue weighted by molar-refractivity contribution is -0.146. The minimum atomic E-state index is -0.744. The average Bonchev–Trinajstić information content (AvgIpc) is 3.43. The van der Waals surface area contributed by atoms with Gasteiger partial charge in [0, 0.05) is 25.6 Å². The Labute approximate surface area is 143 Å². The molecule has 3 aliphatic rings. The third-order valence-electron chi connectivity index (χ3n) is 5.79. The second-order valence-corrected chi connectivity index (χ2v) is 7.70. The Morgan fingerprint density at radius 1 is 0.917 bits per heavy atom. The predicted molar refractivity (Wildman–Crippen MR) is 88.1 cm³/mol. The Morgan fingerprint density at radius 3 is 2.21 bits per heavy atom. The first-order chi connectivity index (χ1) is 11.5. The van der Waals surface area contributed by atoms with Crippen LogP contribution < -0.4 is 5.32 Å². The highest BCUT2D eigenvalue weighted by Crippen LogP contribution is 2.31. The number of carbonyl (C=O) groups is 3. The van der Waals surface area contributed by atoms with Gasteiger partial charge in [-0.25, -0.2) is 0 Å². The zero-order valence-corrected chi connectivity index (χ0v) is 14.2. The van der Waals surface area contributed by atoms with Crippen molar-refractivity contribution in [3.05, 3.63) is 0 Å². The van der Waals surface area contributed by atoms with Gasteiger partial charge in [0.2, 0.25) is 11.8 Å². The van der Waals surface area contributed by atoms with Crippen LogP contribution in [0.3, 0.4) is 0 Å². The molecule has 134 valence electrons. The molecule has 2 saturated carbocycles. The van der Waals surface area contributed by atoms with Gasteiger partial charge in [-0.2, -0.15) is 0 Å². The van der Waals surface area contributed by atoms with Gasteiger partial charge in [-0.15, -0.1) is 0 Å². The van der Waals surface area contributed by atoms with Gasteiger partial charge in [-0.1, -0.05) is 0 Å². The highest BCUT2D eigenvalue weighted by atomic mass is 16.4. The highest BCUT2D eigenvalue weighted by Gasteiger charge is 2.35. The van der Waals surface area contributed by atoms with Gasteiger partial charge in [-0.3, -0.25) is 14.4 Å². The normalized spacial score (nSPS) is 30.7. The van der Waals surface area contributed by atoms with Crippen LogP contribution in [0.25, 0.3) is 0 Å². The van der Waals surface area contributed by atoms with Gasteiger partial charge < -0.3 is 15.3 Å². The molecule has 3 rings (SSSR count). The zero-order chi connectivity index (χ0) is 17.1. The van der Waals surface area contributed by atoms with Crippen molar-refractivity contribution in [2.24, 2.45) is 23.7 Å². The van der Waals surface area contributed by atoms with Crippen LogP contribution in [-0.4, -0.2) is 47.4 Å². The Bertz CT molecular complexity index is 495. The molecule has 2 amide bonds. The van der Waals surface area contributed by atoms with Gasteiger partial charge in [-0.05, 0) is 57.3 Å². The fraction of sp³-hybridized carbons (Fsp3) is 0.833. The fourth-order valence-corrected chi connectivity index (χ4v) is 3.95. The van der Waals surface area contributed by atoms with Crippen molar-refractivity contribution in [1.29, 1.82) is 0 Å². The summed E-state index contributed by atoms with van der Waals surface area (Å²) in [5.41, 5.74) is 0. The van der Waals surface area contributed by atoms with E-state index >= 15 is 0 Å². The number of nitrogens with one attached hydrogen (secondary N) is 1. The molecule has 0 radical (unpaired) electrons. The number of nitrogens with zero attached hydrogens (tertiary/aromatic N) is 1. The molecule has 6 nitrogen and oxygen atoms in total. The first kappa shape index (κ1) is 17.2. The molecule has 0 aromatic carbocycles. The molecule has 6 heteroatoms. The number of hydrogen-bond acceptors (Lipinski definition) is 3. The molecule has 0 aromatic heterocycles. The van der Waals surface area contributed by atoms with Crippen molar-refractivity contribution in [1.82, 2.24) is 10.2 Å². The summed E-state index contributed by atoms with van der Waals surface area (Å²) in [6.07, 6.45) is 6.65. The molecule has 1 atom stereocenters. The highest BCUT2D eigenvalue weighted by molar-refractivity contribution is 5.82. The zero-order valence-electron chi connectivity index (χ0n) is 14.2. The van der Waals surface area contributed by atoms with Crippen molar-refractivity contribution >= 4 is 17.8 Å². The van der Waals surface area contributed by atoms with E-state index in [1.807, 2.05) is 4.90 Å². The molecule has 1 aliphatic heterocycles. The monoisotopic (exact) mass is 336 g/mol. The Balaban J connectivity index is 1.47. The van der Waals surface area contributed by atoms with Crippen molar-refractivity contribution in [2.45, 2.75) is 51.4 Å². The molecule has 24 heavy (non-hydrogen) atoms. The maximum Gasteiger partial charge on any atom is 0.306 e. The first-order valence-electron chi connectivity index (χ1n) is 9.34. The molecule has 1 heterocycles. The summed E-state index contributed by atoms with van der Waals surface area (Å²) in [6, 6.07) is 0. The molecule has 0 aromatic rings. The summed E-state index contributed by atoms with van der Waals surface area (Å²) in [4.78, 5) is 37.9. The number of aliphatic carboxylic acids is 1. The lowest BCUT2D eigenvalue weighted by atomic mass is 9.81. The second kappa shape index (κ2) is 7.53. The van der Waals surface area contributed by atoms with Gasteiger partial charge in [0.25, 0.3) is 0 Å². The lowest BCUT2D eigenvalue weighted by Crippen LogP contribution is -2.48. The van der Waals surface area contributed by atoms with Crippen molar-refractivity contribution in [2.75, 3.05) is 19.6 Å². The maximum atomic E-state index is 12.7. The average molecular weight is 336 g/mol. The van der Waals surface area contributed by atoms with E-state index in [1.54, 1.807) is 0 Å². The Hall–Kier alpha value is -1.59. The summed E-state index contributed by atoms with van der Waals surface area (Å²) in [5.74, 6) is -0.305. The number of likely N-dealkylation sites (tertiary alicyclic amines) is 1. The van der Waals surface area contributed by atoms with Crippen LogP contribution in [0, 0.1) is 23.7 Å². The van der Waals surface area contributed by atoms with Crippen molar-refractivity contribution in [3.63, 3.8) is 0 Å². The van der Waals surface area contributed by atoms with E-state index in [1.165, 1.54) is 12.8 Å². The third-order valence-corrected chi connectivity index (χ3v) is 5.79. The Morgan fingerprint density at radius 2 is 1.58 bits per heavy atom. The van der Waals surface area contributed by atoms with E-state index in [-0.39, 0.29) is 29.6 Å². The predicted octanol–water partition coefficient (Wildman–Crippen LogP) is 1.64. The summed E-state index contributed by atoms with van der Waals surface area (Å²) in [7, 11) is 0. The molecule has 0 bridgehead atoms. The molecule has 1 saturated heterocycles. The van der Waals surface area contributed by atoms with E-state index < -0.39 is 5.97 Å². The van der Waals surface area contributed by atoms with Crippen molar-refractivity contribution < 1.29 is 19.5 Å². The minimum Gasteiger partial charge on any atom is -0.481 e. The van der Waals surface area contributed by atoms with Gasteiger partial charge in [0.1, 0.15) is 0 Å². The lowest BCUT2D eigenvalue weighted by Gasteiger charge is -2.36. The SMILES string of the molecule is O=C(O)C1CCC(C(=O)N2CCCC(C(=O)NCC3CC3)C2)CC1. The van der Waals surface area contributed by atoms with E-state index in [0.717, 1.165) is 25.9 Å². The molecule has 1 unspecified atom stereocenters. The van der Waals surface area contributed by atoms with Crippen LogP contribution in [0.15, 0.2) is 0 Å². The van der Waals surface area contributed by atoms with Crippen LogP contribution in [0.4, 0.5) is 0 Å². The van der Waals surface area contributed by atoms with Crippen LogP contribution in [0.2, 0.25) is 0 Å². The van der Waals surface area contributed by atoms with Crippen LogP contribution in [-0.2, 0) is 14.4 Å². The van der Waals surface area contributed by atoms with Crippen molar-refractivity contribution in [3.8, 4) is 0 Å². The number of amides is 2. The molecule has 2 aliphatic carbocycles. The fourth-order valence-electron chi connectivity index (χ4n) is 3.95.